The summed E-state index contributed by atoms with van der Waals surface area (Å²) in [6, 6.07) is 11.2. The van der Waals surface area contributed by atoms with Crippen LogP contribution < -0.4 is 16.4 Å². The van der Waals surface area contributed by atoms with E-state index in [4.69, 9.17) is 17.3 Å². The zero-order valence-electron chi connectivity index (χ0n) is 10.8. The van der Waals surface area contributed by atoms with Crippen molar-refractivity contribution in [2.75, 3.05) is 17.2 Å². The Morgan fingerprint density at radius 3 is 2.70 bits per heavy atom. The molecule has 0 aliphatic rings. The minimum Gasteiger partial charge on any atom is -0.366 e. The molecule has 0 atom stereocenters. The fourth-order valence-corrected chi connectivity index (χ4v) is 1.81. The van der Waals surface area contributed by atoms with Crippen LogP contribution in [0.25, 0.3) is 0 Å². The molecule has 2 rings (SSSR count). The van der Waals surface area contributed by atoms with E-state index in [1.165, 1.54) is 0 Å². The molecule has 0 radical (unpaired) electrons. The van der Waals surface area contributed by atoms with Crippen molar-refractivity contribution in [3.05, 3.63) is 53.2 Å². The van der Waals surface area contributed by atoms with E-state index < -0.39 is 0 Å². The summed E-state index contributed by atoms with van der Waals surface area (Å²) in [5.41, 5.74) is 6.83. The van der Waals surface area contributed by atoms with Crippen LogP contribution in [0.3, 0.4) is 0 Å². The van der Waals surface area contributed by atoms with Gasteiger partial charge in [0.1, 0.15) is 5.82 Å². The lowest BCUT2D eigenvalue weighted by atomic mass is 10.2. The van der Waals surface area contributed by atoms with Gasteiger partial charge in [0.15, 0.2) is 0 Å². The fourth-order valence-electron chi connectivity index (χ4n) is 1.61. The van der Waals surface area contributed by atoms with Crippen LogP contribution in [0.2, 0.25) is 5.02 Å². The molecule has 4 N–H and O–H groups in total. The molecule has 0 aliphatic carbocycles. The fraction of sp³-hybridized carbons (Fsp3) is 0.143. The number of amides is 1. The summed E-state index contributed by atoms with van der Waals surface area (Å²) in [6.45, 7) is 0.535. The van der Waals surface area contributed by atoms with Crippen LogP contribution in [-0.4, -0.2) is 17.4 Å². The molecular formula is C14H15ClN4O. The van der Waals surface area contributed by atoms with Gasteiger partial charge < -0.3 is 16.4 Å². The number of hydrogen-bond acceptors (Lipinski definition) is 4. The highest BCUT2D eigenvalue weighted by atomic mass is 35.5. The Bertz CT molecular complexity index is 586. The first-order chi connectivity index (χ1) is 9.69. The molecule has 104 valence electrons. The first-order valence-corrected chi connectivity index (χ1v) is 6.50. The Kier molecular flexibility index (Phi) is 4.92. The summed E-state index contributed by atoms with van der Waals surface area (Å²) in [5, 5.41) is 6.50. The first kappa shape index (κ1) is 14.3. The third kappa shape index (κ3) is 3.94. The van der Waals surface area contributed by atoms with Gasteiger partial charge in [-0.25, -0.2) is 4.98 Å². The lowest BCUT2D eigenvalue weighted by Crippen LogP contribution is -2.21. The topological polar surface area (TPSA) is 80.0 Å². The molecule has 20 heavy (non-hydrogen) atoms. The molecule has 2 aromatic rings. The number of rotatable bonds is 5. The summed E-state index contributed by atoms with van der Waals surface area (Å²) < 4.78 is 0. The van der Waals surface area contributed by atoms with Crippen molar-refractivity contribution < 1.29 is 4.79 Å². The monoisotopic (exact) mass is 290 g/mol. The van der Waals surface area contributed by atoms with Crippen LogP contribution in [0.4, 0.5) is 11.5 Å². The van der Waals surface area contributed by atoms with E-state index in [0.717, 1.165) is 5.56 Å². The van der Waals surface area contributed by atoms with Gasteiger partial charge in [-0.15, -0.1) is 0 Å². The quantitative estimate of drug-likeness (QED) is 0.789. The average molecular weight is 291 g/mol. The van der Waals surface area contributed by atoms with E-state index in [9.17, 15) is 4.79 Å². The van der Waals surface area contributed by atoms with Crippen molar-refractivity contribution in [1.29, 1.82) is 0 Å². The zero-order valence-corrected chi connectivity index (χ0v) is 11.5. The largest absolute Gasteiger partial charge is 0.366 e. The van der Waals surface area contributed by atoms with Crippen molar-refractivity contribution in [2.24, 2.45) is 5.73 Å². The molecular weight excluding hydrogens is 276 g/mol. The first-order valence-electron chi connectivity index (χ1n) is 6.12. The van der Waals surface area contributed by atoms with Crippen LogP contribution >= 0.6 is 11.6 Å². The summed E-state index contributed by atoms with van der Waals surface area (Å²) in [6.07, 6.45) is 1.57. The number of carbonyl (C=O) groups excluding carboxylic acids is 1. The smallest absolute Gasteiger partial charge is 0.238 e. The Balaban J connectivity index is 1.94. The Morgan fingerprint density at radius 2 is 2.05 bits per heavy atom. The number of anilines is 2. The molecule has 0 saturated heterocycles. The van der Waals surface area contributed by atoms with Gasteiger partial charge in [-0.05, 0) is 23.8 Å². The predicted molar refractivity (Wildman–Crippen MR) is 80.7 cm³/mol. The molecule has 1 aromatic carbocycles. The van der Waals surface area contributed by atoms with Gasteiger partial charge in [-0.2, -0.15) is 0 Å². The lowest BCUT2D eigenvalue weighted by molar-refractivity contribution is -0.114. The highest BCUT2D eigenvalue weighted by Crippen LogP contribution is 2.16. The standard InChI is InChI=1S/C14H15ClN4O/c15-12-4-2-1-3-10(12)8-17-13-6-5-11(9-18-13)19-14(20)7-16/h1-6,9H,7-8,16H2,(H,17,18)(H,19,20). The minimum absolute atomic E-state index is 0.0491. The van der Waals surface area contributed by atoms with Crippen molar-refractivity contribution in [1.82, 2.24) is 4.98 Å². The van der Waals surface area contributed by atoms with Crippen molar-refractivity contribution >= 4 is 29.0 Å². The SMILES string of the molecule is NCC(=O)Nc1ccc(NCc2ccccc2Cl)nc1. The maximum Gasteiger partial charge on any atom is 0.238 e. The third-order valence-electron chi connectivity index (χ3n) is 2.65. The molecule has 0 saturated carbocycles. The summed E-state index contributed by atoms with van der Waals surface area (Å²) in [7, 11) is 0. The molecule has 5 nitrogen and oxygen atoms in total. The van der Waals surface area contributed by atoms with Gasteiger partial charge >= 0.3 is 0 Å². The van der Waals surface area contributed by atoms with E-state index in [-0.39, 0.29) is 12.5 Å². The second kappa shape index (κ2) is 6.88. The number of pyridine rings is 1. The van der Waals surface area contributed by atoms with Crippen LogP contribution in [-0.2, 0) is 11.3 Å². The second-order valence-corrected chi connectivity index (χ2v) is 4.54. The highest BCUT2D eigenvalue weighted by molar-refractivity contribution is 6.31. The van der Waals surface area contributed by atoms with E-state index >= 15 is 0 Å². The Hall–Kier alpha value is -2.11. The average Bonchev–Trinajstić information content (AvgIpc) is 2.48. The number of nitrogens with zero attached hydrogens (tertiary/aromatic N) is 1. The molecule has 1 aromatic heterocycles. The van der Waals surface area contributed by atoms with Crippen LogP contribution in [0.15, 0.2) is 42.6 Å². The van der Waals surface area contributed by atoms with Gasteiger partial charge in [-0.1, -0.05) is 29.8 Å². The van der Waals surface area contributed by atoms with Crippen LogP contribution in [0.1, 0.15) is 5.56 Å². The van der Waals surface area contributed by atoms with Crippen molar-refractivity contribution in [3.63, 3.8) is 0 Å². The minimum atomic E-state index is -0.247. The van der Waals surface area contributed by atoms with E-state index in [2.05, 4.69) is 15.6 Å². The lowest BCUT2D eigenvalue weighted by Gasteiger charge is -2.08. The number of carbonyl (C=O) groups is 1. The Labute approximate surface area is 122 Å². The van der Waals surface area contributed by atoms with Gasteiger partial charge in [0.2, 0.25) is 5.91 Å². The van der Waals surface area contributed by atoms with Crippen molar-refractivity contribution in [3.8, 4) is 0 Å². The molecule has 1 amide bonds. The molecule has 1 heterocycles. The molecule has 0 unspecified atom stereocenters. The zero-order chi connectivity index (χ0) is 14.4. The number of aromatic nitrogens is 1. The molecule has 0 bridgehead atoms. The molecule has 6 heteroatoms. The van der Waals surface area contributed by atoms with Gasteiger partial charge in [0.25, 0.3) is 0 Å². The second-order valence-electron chi connectivity index (χ2n) is 4.13. The number of nitrogens with two attached hydrogens (primary N) is 1. The van der Waals surface area contributed by atoms with E-state index in [1.54, 1.807) is 18.3 Å². The number of hydrogen-bond donors (Lipinski definition) is 3. The van der Waals surface area contributed by atoms with Crippen LogP contribution in [0, 0.1) is 0 Å². The summed E-state index contributed by atoms with van der Waals surface area (Å²) in [5.74, 6) is 0.458. The predicted octanol–water partition coefficient (Wildman–Crippen LogP) is 2.24. The summed E-state index contributed by atoms with van der Waals surface area (Å²) in [4.78, 5) is 15.3. The third-order valence-corrected chi connectivity index (χ3v) is 3.02. The summed E-state index contributed by atoms with van der Waals surface area (Å²) >= 11 is 6.07. The van der Waals surface area contributed by atoms with E-state index in [0.29, 0.717) is 23.1 Å². The Morgan fingerprint density at radius 1 is 1.25 bits per heavy atom. The van der Waals surface area contributed by atoms with Crippen molar-refractivity contribution in [2.45, 2.75) is 6.54 Å². The van der Waals surface area contributed by atoms with Gasteiger partial charge in [0.05, 0.1) is 18.4 Å². The van der Waals surface area contributed by atoms with Gasteiger partial charge in [0, 0.05) is 11.6 Å². The molecule has 0 spiro atoms. The van der Waals surface area contributed by atoms with Gasteiger partial charge in [-0.3, -0.25) is 4.79 Å². The normalized spacial score (nSPS) is 10.1. The number of halogens is 1. The number of benzene rings is 1. The molecule has 0 aliphatic heterocycles. The van der Waals surface area contributed by atoms with E-state index in [1.807, 2.05) is 24.3 Å². The maximum absolute atomic E-state index is 11.1. The highest BCUT2D eigenvalue weighted by Gasteiger charge is 2.01. The maximum atomic E-state index is 11.1. The molecule has 0 fully saturated rings. The number of nitrogens with one attached hydrogen (secondary N) is 2. The van der Waals surface area contributed by atoms with Crippen LogP contribution in [0.5, 0.6) is 0 Å².